The fourth-order valence-electron chi connectivity index (χ4n) is 2.46. The molecule has 2 heterocycles. The van der Waals surface area contributed by atoms with Gasteiger partial charge in [-0.3, -0.25) is 9.78 Å². The Morgan fingerprint density at radius 1 is 1.48 bits per heavy atom. The number of aromatic nitrogens is 1. The molecule has 108 valence electrons. The number of carbonyl (C=O) groups excluding carboxylic acids is 1. The van der Waals surface area contributed by atoms with E-state index in [0.717, 1.165) is 17.7 Å². The van der Waals surface area contributed by atoms with Gasteiger partial charge < -0.3 is 15.8 Å². The van der Waals surface area contributed by atoms with E-state index in [9.17, 15) is 4.79 Å². The van der Waals surface area contributed by atoms with E-state index >= 15 is 0 Å². The van der Waals surface area contributed by atoms with Crippen molar-refractivity contribution in [3.63, 3.8) is 0 Å². The van der Waals surface area contributed by atoms with Crippen LogP contribution in [0.25, 0.3) is 0 Å². The van der Waals surface area contributed by atoms with E-state index in [1.54, 1.807) is 30.6 Å². The third-order valence-electron chi connectivity index (χ3n) is 3.69. The number of amides is 1. The number of pyridine rings is 1. The molecular weight excluding hydrogens is 266 g/mol. The molecule has 2 aromatic rings. The minimum Gasteiger partial charge on any atom is -0.493 e. The number of nitrogens with zero attached hydrogens (tertiary/aromatic N) is 1. The molecule has 0 aliphatic carbocycles. The van der Waals surface area contributed by atoms with Crippen molar-refractivity contribution in [2.24, 2.45) is 0 Å². The highest BCUT2D eigenvalue weighted by Crippen LogP contribution is 2.36. The highest BCUT2D eigenvalue weighted by molar-refractivity contribution is 6.08. The lowest BCUT2D eigenvalue weighted by Crippen LogP contribution is -2.17. The van der Waals surface area contributed by atoms with Crippen LogP contribution >= 0.6 is 0 Å². The molecule has 1 atom stereocenters. The van der Waals surface area contributed by atoms with Crippen LogP contribution in [-0.2, 0) is 0 Å². The van der Waals surface area contributed by atoms with Gasteiger partial charge in [0.25, 0.3) is 5.91 Å². The Bertz CT molecular complexity index is 671. The van der Waals surface area contributed by atoms with Crippen molar-refractivity contribution in [1.82, 2.24) is 4.98 Å². The third kappa shape index (κ3) is 2.67. The van der Waals surface area contributed by atoms with Crippen LogP contribution in [0.2, 0.25) is 0 Å². The first-order valence-electron chi connectivity index (χ1n) is 6.92. The largest absolute Gasteiger partial charge is 0.493 e. The van der Waals surface area contributed by atoms with Crippen LogP contribution in [0.1, 0.15) is 35.2 Å². The molecule has 5 heteroatoms. The zero-order chi connectivity index (χ0) is 14.8. The zero-order valence-corrected chi connectivity index (χ0v) is 11.8. The number of nitrogen functional groups attached to an aromatic ring is 1. The second kappa shape index (κ2) is 5.44. The van der Waals surface area contributed by atoms with Gasteiger partial charge >= 0.3 is 0 Å². The molecule has 3 N–H and O–H groups in total. The summed E-state index contributed by atoms with van der Waals surface area (Å²) in [6, 6.07) is 7.11. The van der Waals surface area contributed by atoms with Gasteiger partial charge in [0, 0.05) is 11.9 Å². The first-order chi connectivity index (χ1) is 10.1. The standard InChI is InChI=1S/C16H17N3O2/c1-10-4-6-21-15-8-13(14(17)7-12(10)15)16(20)19-11-3-2-5-18-9-11/h2-3,5,7-10H,4,6,17H2,1H3,(H,19,20). The smallest absolute Gasteiger partial charge is 0.257 e. The summed E-state index contributed by atoms with van der Waals surface area (Å²) < 4.78 is 5.64. The second-order valence-corrected chi connectivity index (χ2v) is 5.21. The molecule has 5 nitrogen and oxygen atoms in total. The summed E-state index contributed by atoms with van der Waals surface area (Å²) in [5.41, 5.74) is 8.62. The fraction of sp³-hybridized carbons (Fsp3) is 0.250. The molecule has 0 fully saturated rings. The Hall–Kier alpha value is -2.56. The van der Waals surface area contributed by atoms with Crippen LogP contribution in [0.3, 0.4) is 0 Å². The maximum Gasteiger partial charge on any atom is 0.257 e. The van der Waals surface area contributed by atoms with Crippen molar-refractivity contribution < 1.29 is 9.53 Å². The summed E-state index contributed by atoms with van der Waals surface area (Å²) in [6.07, 6.45) is 4.21. The van der Waals surface area contributed by atoms with Gasteiger partial charge in [-0.05, 0) is 42.2 Å². The molecular formula is C16H17N3O2. The van der Waals surface area contributed by atoms with Crippen molar-refractivity contribution in [3.05, 3.63) is 47.8 Å². The summed E-state index contributed by atoms with van der Waals surface area (Å²) in [5.74, 6) is 0.885. The Morgan fingerprint density at radius 2 is 2.33 bits per heavy atom. The molecule has 0 saturated carbocycles. The number of carbonyl (C=O) groups is 1. The van der Waals surface area contributed by atoms with Gasteiger partial charge in [-0.15, -0.1) is 0 Å². The number of benzene rings is 1. The number of hydrogen-bond acceptors (Lipinski definition) is 4. The van der Waals surface area contributed by atoms with E-state index in [4.69, 9.17) is 10.5 Å². The minimum atomic E-state index is -0.259. The molecule has 1 unspecified atom stereocenters. The first-order valence-corrected chi connectivity index (χ1v) is 6.92. The van der Waals surface area contributed by atoms with Crippen LogP contribution in [-0.4, -0.2) is 17.5 Å². The topological polar surface area (TPSA) is 77.2 Å². The molecule has 0 bridgehead atoms. The average molecular weight is 283 g/mol. The highest BCUT2D eigenvalue weighted by atomic mass is 16.5. The van der Waals surface area contributed by atoms with E-state index in [-0.39, 0.29) is 5.91 Å². The Balaban J connectivity index is 1.90. The van der Waals surface area contributed by atoms with Gasteiger partial charge in [0.2, 0.25) is 0 Å². The second-order valence-electron chi connectivity index (χ2n) is 5.21. The van der Waals surface area contributed by atoms with E-state index < -0.39 is 0 Å². The highest BCUT2D eigenvalue weighted by Gasteiger charge is 2.21. The van der Waals surface area contributed by atoms with Crippen LogP contribution in [0.4, 0.5) is 11.4 Å². The number of rotatable bonds is 2. The monoisotopic (exact) mass is 283 g/mol. The van der Waals surface area contributed by atoms with Crippen molar-refractivity contribution in [1.29, 1.82) is 0 Å². The lowest BCUT2D eigenvalue weighted by atomic mass is 9.93. The van der Waals surface area contributed by atoms with E-state index in [1.165, 1.54) is 0 Å². The van der Waals surface area contributed by atoms with E-state index in [2.05, 4.69) is 17.2 Å². The van der Waals surface area contributed by atoms with Crippen molar-refractivity contribution in [3.8, 4) is 5.75 Å². The molecule has 3 rings (SSSR count). The summed E-state index contributed by atoms with van der Waals surface area (Å²) in [4.78, 5) is 16.3. The lowest BCUT2D eigenvalue weighted by Gasteiger charge is -2.24. The van der Waals surface area contributed by atoms with Gasteiger partial charge in [0.1, 0.15) is 5.75 Å². The minimum absolute atomic E-state index is 0.259. The fourth-order valence-corrected chi connectivity index (χ4v) is 2.46. The van der Waals surface area contributed by atoms with E-state index in [0.29, 0.717) is 29.5 Å². The summed E-state index contributed by atoms with van der Waals surface area (Å²) >= 11 is 0. The maximum absolute atomic E-state index is 12.3. The molecule has 1 aliphatic rings. The molecule has 0 saturated heterocycles. The zero-order valence-electron chi connectivity index (χ0n) is 11.8. The normalized spacial score (nSPS) is 16.7. The van der Waals surface area contributed by atoms with Crippen molar-refractivity contribution in [2.75, 3.05) is 17.7 Å². The molecule has 1 aliphatic heterocycles. The van der Waals surface area contributed by atoms with Crippen LogP contribution in [0.15, 0.2) is 36.7 Å². The Morgan fingerprint density at radius 3 is 3.10 bits per heavy atom. The quantitative estimate of drug-likeness (QED) is 0.831. The van der Waals surface area contributed by atoms with Crippen LogP contribution < -0.4 is 15.8 Å². The van der Waals surface area contributed by atoms with Gasteiger partial charge in [0.05, 0.1) is 24.1 Å². The Kier molecular flexibility index (Phi) is 3.48. The average Bonchev–Trinajstić information content (AvgIpc) is 2.48. The molecule has 0 spiro atoms. The summed E-state index contributed by atoms with van der Waals surface area (Å²) in [6.45, 7) is 2.80. The first kappa shape index (κ1) is 13.4. The number of ether oxygens (including phenoxy) is 1. The molecule has 1 amide bonds. The maximum atomic E-state index is 12.3. The molecule has 1 aromatic heterocycles. The summed E-state index contributed by atoms with van der Waals surface area (Å²) in [7, 11) is 0. The Labute approximate surface area is 123 Å². The SMILES string of the molecule is CC1CCOc2cc(C(=O)Nc3cccnc3)c(N)cc21. The lowest BCUT2D eigenvalue weighted by molar-refractivity contribution is 0.102. The number of anilines is 2. The number of fused-ring (bicyclic) bond motifs is 1. The van der Waals surface area contributed by atoms with Gasteiger partial charge in [-0.25, -0.2) is 0 Å². The predicted octanol–water partition coefficient (Wildman–Crippen LogP) is 2.80. The number of nitrogens with one attached hydrogen (secondary N) is 1. The van der Waals surface area contributed by atoms with Gasteiger partial charge in [0.15, 0.2) is 0 Å². The van der Waals surface area contributed by atoms with Crippen molar-refractivity contribution >= 4 is 17.3 Å². The van der Waals surface area contributed by atoms with Gasteiger partial charge in [-0.1, -0.05) is 6.92 Å². The number of nitrogens with two attached hydrogens (primary N) is 1. The van der Waals surface area contributed by atoms with Crippen LogP contribution in [0.5, 0.6) is 5.75 Å². The van der Waals surface area contributed by atoms with E-state index in [1.807, 2.05) is 6.07 Å². The van der Waals surface area contributed by atoms with Crippen LogP contribution in [0, 0.1) is 0 Å². The molecule has 1 aromatic carbocycles. The van der Waals surface area contributed by atoms with Crippen molar-refractivity contribution in [2.45, 2.75) is 19.3 Å². The number of hydrogen-bond donors (Lipinski definition) is 2. The van der Waals surface area contributed by atoms with Gasteiger partial charge in [-0.2, -0.15) is 0 Å². The molecule has 21 heavy (non-hydrogen) atoms. The third-order valence-corrected chi connectivity index (χ3v) is 3.69. The predicted molar refractivity (Wildman–Crippen MR) is 81.6 cm³/mol. The summed E-state index contributed by atoms with van der Waals surface area (Å²) in [5, 5.41) is 2.78. The molecule has 0 radical (unpaired) electrons.